The lowest BCUT2D eigenvalue weighted by atomic mass is 9.98. The maximum atomic E-state index is 13.3. The SMILES string of the molecule is Cc1c(NC(=O)c2ccccc2-c2ccc(C(F)(F)F)cc2)cn(C)c1C(=O)Nc1ccc(-c2ccc(C(=O)O)cc2)cc1. The number of benzene rings is 4. The summed E-state index contributed by atoms with van der Waals surface area (Å²) < 4.78 is 40.7. The Morgan fingerprint density at radius 1 is 0.727 bits per heavy atom. The van der Waals surface area contributed by atoms with Gasteiger partial charge in [-0.05, 0) is 71.6 Å². The molecule has 0 aliphatic carbocycles. The summed E-state index contributed by atoms with van der Waals surface area (Å²) in [6.45, 7) is 1.70. The van der Waals surface area contributed by atoms with E-state index in [9.17, 15) is 27.6 Å². The van der Waals surface area contributed by atoms with Crippen molar-refractivity contribution in [1.82, 2.24) is 4.57 Å². The number of nitrogens with one attached hydrogen (secondary N) is 2. The second-order valence-electron chi connectivity index (χ2n) is 10.1. The molecular formula is C34H26F3N3O4. The minimum atomic E-state index is -4.47. The number of nitrogens with zero attached hydrogens (tertiary/aromatic N) is 1. The maximum absolute atomic E-state index is 13.3. The van der Waals surface area contributed by atoms with Crippen LogP contribution in [0.3, 0.4) is 0 Å². The van der Waals surface area contributed by atoms with E-state index in [0.29, 0.717) is 33.8 Å². The van der Waals surface area contributed by atoms with Crippen LogP contribution in [0.15, 0.2) is 103 Å². The highest BCUT2D eigenvalue weighted by molar-refractivity contribution is 6.11. The summed E-state index contributed by atoms with van der Waals surface area (Å²) in [5.74, 6) is -1.88. The van der Waals surface area contributed by atoms with E-state index in [1.807, 2.05) is 12.1 Å². The molecule has 0 radical (unpaired) electrons. The van der Waals surface area contributed by atoms with Gasteiger partial charge in [-0.1, -0.05) is 54.6 Å². The summed E-state index contributed by atoms with van der Waals surface area (Å²) in [5.41, 5.74) is 4.06. The normalized spacial score (nSPS) is 11.2. The molecule has 2 amide bonds. The average Bonchev–Trinajstić information content (AvgIpc) is 3.29. The number of aryl methyl sites for hydroxylation is 1. The number of aromatic nitrogens is 1. The first-order valence-corrected chi connectivity index (χ1v) is 13.4. The number of carboxylic acids is 1. The summed E-state index contributed by atoms with van der Waals surface area (Å²) in [5, 5.41) is 14.8. The fourth-order valence-corrected chi connectivity index (χ4v) is 4.91. The molecule has 222 valence electrons. The van der Waals surface area contributed by atoms with Crippen LogP contribution in [0.2, 0.25) is 0 Å². The number of amides is 2. The summed E-state index contributed by atoms with van der Waals surface area (Å²) in [4.78, 5) is 37.7. The van der Waals surface area contributed by atoms with Crippen molar-refractivity contribution in [1.29, 1.82) is 0 Å². The van der Waals surface area contributed by atoms with E-state index in [-0.39, 0.29) is 11.1 Å². The molecule has 0 bridgehead atoms. The first-order chi connectivity index (χ1) is 20.9. The zero-order valence-corrected chi connectivity index (χ0v) is 23.6. The Morgan fingerprint density at radius 2 is 1.30 bits per heavy atom. The number of aromatic carboxylic acids is 1. The molecule has 0 atom stereocenters. The summed E-state index contributed by atoms with van der Waals surface area (Å²) in [7, 11) is 1.68. The zero-order chi connectivity index (χ0) is 31.6. The van der Waals surface area contributed by atoms with Gasteiger partial charge >= 0.3 is 12.1 Å². The Morgan fingerprint density at radius 3 is 1.89 bits per heavy atom. The molecule has 44 heavy (non-hydrogen) atoms. The number of hydrogen-bond donors (Lipinski definition) is 3. The van der Waals surface area contributed by atoms with E-state index >= 15 is 0 Å². The van der Waals surface area contributed by atoms with Crippen molar-refractivity contribution in [3.05, 3.63) is 131 Å². The predicted molar refractivity (Wildman–Crippen MR) is 162 cm³/mol. The predicted octanol–water partition coefficient (Wildman–Crippen LogP) is 7.89. The summed E-state index contributed by atoms with van der Waals surface area (Å²) in [6.07, 6.45) is -2.85. The van der Waals surface area contributed by atoms with Crippen LogP contribution >= 0.6 is 0 Å². The molecule has 0 aliphatic rings. The first-order valence-electron chi connectivity index (χ1n) is 13.4. The van der Waals surface area contributed by atoms with Crippen molar-refractivity contribution in [3.63, 3.8) is 0 Å². The quantitative estimate of drug-likeness (QED) is 0.178. The Balaban J connectivity index is 1.31. The molecule has 10 heteroatoms. The molecule has 1 heterocycles. The van der Waals surface area contributed by atoms with Gasteiger partial charge in [0.2, 0.25) is 0 Å². The van der Waals surface area contributed by atoms with E-state index in [0.717, 1.165) is 23.3 Å². The number of rotatable bonds is 7. The second kappa shape index (κ2) is 11.9. The lowest BCUT2D eigenvalue weighted by Crippen LogP contribution is -2.17. The van der Waals surface area contributed by atoms with E-state index in [1.54, 1.807) is 73.3 Å². The van der Waals surface area contributed by atoms with E-state index in [2.05, 4.69) is 10.6 Å². The van der Waals surface area contributed by atoms with Gasteiger partial charge in [0, 0.05) is 30.1 Å². The summed E-state index contributed by atoms with van der Waals surface area (Å²) >= 11 is 0. The van der Waals surface area contributed by atoms with Gasteiger partial charge < -0.3 is 20.3 Å². The molecule has 1 aromatic heterocycles. The molecule has 5 aromatic rings. The number of carbonyl (C=O) groups excluding carboxylic acids is 2. The van der Waals surface area contributed by atoms with Crippen molar-refractivity contribution in [2.75, 3.05) is 10.6 Å². The van der Waals surface area contributed by atoms with Gasteiger partial charge in [-0.2, -0.15) is 13.2 Å². The van der Waals surface area contributed by atoms with E-state index in [4.69, 9.17) is 5.11 Å². The monoisotopic (exact) mass is 597 g/mol. The third-order valence-corrected chi connectivity index (χ3v) is 7.20. The lowest BCUT2D eigenvalue weighted by Gasteiger charge is -2.12. The molecule has 3 N–H and O–H groups in total. The van der Waals surface area contributed by atoms with Crippen molar-refractivity contribution in [3.8, 4) is 22.3 Å². The number of halogens is 3. The van der Waals surface area contributed by atoms with Gasteiger partial charge in [-0.3, -0.25) is 9.59 Å². The van der Waals surface area contributed by atoms with Crippen LogP contribution in [0.5, 0.6) is 0 Å². The molecule has 0 unspecified atom stereocenters. The molecule has 5 rings (SSSR count). The highest BCUT2D eigenvalue weighted by atomic mass is 19.4. The van der Waals surface area contributed by atoms with Crippen molar-refractivity contribution in [2.24, 2.45) is 7.05 Å². The van der Waals surface area contributed by atoms with E-state index < -0.39 is 29.5 Å². The fraction of sp³-hybridized carbons (Fsp3) is 0.0882. The molecular weight excluding hydrogens is 571 g/mol. The van der Waals surface area contributed by atoms with Gasteiger partial charge in [0.15, 0.2) is 0 Å². The van der Waals surface area contributed by atoms with Crippen molar-refractivity contribution < 1.29 is 32.7 Å². The van der Waals surface area contributed by atoms with Crippen LogP contribution in [0.4, 0.5) is 24.5 Å². The first kappa shape index (κ1) is 29.8. The minimum absolute atomic E-state index is 0.189. The lowest BCUT2D eigenvalue weighted by molar-refractivity contribution is -0.137. The average molecular weight is 598 g/mol. The van der Waals surface area contributed by atoms with Crippen LogP contribution in [-0.2, 0) is 13.2 Å². The van der Waals surface area contributed by atoms with Crippen LogP contribution in [0.25, 0.3) is 22.3 Å². The van der Waals surface area contributed by atoms with Gasteiger partial charge in [0.1, 0.15) is 5.69 Å². The van der Waals surface area contributed by atoms with E-state index in [1.165, 1.54) is 24.3 Å². The van der Waals surface area contributed by atoms with Crippen LogP contribution < -0.4 is 10.6 Å². The van der Waals surface area contributed by atoms with Gasteiger partial charge in [0.05, 0.1) is 16.8 Å². The Hall–Kier alpha value is -5.64. The standard InChI is InChI=1S/C34H26F3N3O4/c1-20-29(39-31(41)28-6-4-3-5-27(28)23-11-15-25(16-12-23)34(35,36)37)19-40(2)30(20)32(42)38-26-17-13-22(14-18-26)21-7-9-24(10-8-21)33(43)44/h3-19H,1-2H3,(H,38,42)(H,39,41)(H,43,44). The Labute approximate surface area is 250 Å². The Kier molecular flexibility index (Phi) is 8.09. The fourth-order valence-electron chi connectivity index (χ4n) is 4.91. The zero-order valence-electron chi connectivity index (χ0n) is 23.6. The topological polar surface area (TPSA) is 100 Å². The number of carboxylic acid groups (broad SMARTS) is 1. The molecule has 7 nitrogen and oxygen atoms in total. The molecule has 0 saturated heterocycles. The van der Waals surface area contributed by atoms with Crippen LogP contribution in [0, 0.1) is 6.92 Å². The number of hydrogen-bond acceptors (Lipinski definition) is 3. The molecule has 0 spiro atoms. The molecule has 4 aromatic carbocycles. The molecule has 0 aliphatic heterocycles. The third kappa shape index (κ3) is 6.24. The van der Waals surface area contributed by atoms with Crippen molar-refractivity contribution >= 4 is 29.2 Å². The van der Waals surface area contributed by atoms with Gasteiger partial charge in [-0.25, -0.2) is 4.79 Å². The smallest absolute Gasteiger partial charge is 0.416 e. The van der Waals surface area contributed by atoms with Gasteiger partial charge in [-0.15, -0.1) is 0 Å². The number of carbonyl (C=O) groups is 3. The highest BCUT2D eigenvalue weighted by Crippen LogP contribution is 2.32. The summed E-state index contributed by atoms with van der Waals surface area (Å²) in [6, 6.07) is 24.7. The molecule has 0 saturated carbocycles. The third-order valence-electron chi connectivity index (χ3n) is 7.20. The van der Waals surface area contributed by atoms with Crippen LogP contribution in [0.1, 0.15) is 42.3 Å². The Bertz CT molecular complexity index is 1860. The largest absolute Gasteiger partial charge is 0.478 e. The number of alkyl halides is 3. The van der Waals surface area contributed by atoms with Crippen LogP contribution in [-0.4, -0.2) is 27.5 Å². The van der Waals surface area contributed by atoms with Crippen molar-refractivity contribution in [2.45, 2.75) is 13.1 Å². The molecule has 0 fully saturated rings. The maximum Gasteiger partial charge on any atom is 0.416 e. The second-order valence-corrected chi connectivity index (χ2v) is 10.1. The minimum Gasteiger partial charge on any atom is -0.478 e. The van der Waals surface area contributed by atoms with Gasteiger partial charge in [0.25, 0.3) is 11.8 Å². The highest BCUT2D eigenvalue weighted by Gasteiger charge is 2.30. The number of anilines is 2.